The van der Waals surface area contributed by atoms with Crippen LogP contribution in [0.15, 0.2) is 0 Å². The molecule has 0 aromatic carbocycles. The SMILES string of the molecule is CCN(CC)P(=[Se])(CC)N(CC)CC. The van der Waals surface area contributed by atoms with Gasteiger partial charge in [-0.2, -0.15) is 0 Å². The fraction of sp³-hybridized carbons (Fsp3) is 1.00. The van der Waals surface area contributed by atoms with Crippen LogP contribution >= 0.6 is 5.81 Å². The Morgan fingerprint density at radius 2 is 1.07 bits per heavy atom. The number of nitrogens with zero attached hydrogens (tertiary/aromatic N) is 2. The molecule has 0 rings (SSSR count). The van der Waals surface area contributed by atoms with E-state index in [0.717, 1.165) is 26.2 Å². The van der Waals surface area contributed by atoms with Gasteiger partial charge in [-0.05, 0) is 0 Å². The van der Waals surface area contributed by atoms with Gasteiger partial charge in [0.2, 0.25) is 0 Å². The minimum atomic E-state index is -1.13. The Kier molecular flexibility index (Phi) is 7.64. The summed E-state index contributed by atoms with van der Waals surface area (Å²) < 4.78 is 5.22. The Morgan fingerprint density at radius 3 is 1.21 bits per heavy atom. The van der Waals surface area contributed by atoms with Crippen molar-refractivity contribution in [2.24, 2.45) is 0 Å². The molecule has 0 aromatic heterocycles. The Hall–Kier alpha value is 0.869. The minimum absolute atomic E-state index is 1.13. The molecule has 0 saturated carbocycles. The first kappa shape index (κ1) is 14.9. The molecular formula is C10H25N2PSe. The van der Waals surface area contributed by atoms with Crippen LogP contribution in [0.1, 0.15) is 34.6 Å². The summed E-state index contributed by atoms with van der Waals surface area (Å²) in [6, 6.07) is 0. The average Bonchev–Trinajstić information content (AvgIpc) is 2.21. The van der Waals surface area contributed by atoms with E-state index in [1.165, 1.54) is 6.16 Å². The van der Waals surface area contributed by atoms with Crippen molar-refractivity contribution in [1.29, 1.82) is 0 Å². The van der Waals surface area contributed by atoms with Crippen LogP contribution < -0.4 is 0 Å². The summed E-state index contributed by atoms with van der Waals surface area (Å²) in [4.78, 5) is 0. The van der Waals surface area contributed by atoms with E-state index in [4.69, 9.17) is 0 Å². The van der Waals surface area contributed by atoms with Gasteiger partial charge in [0.1, 0.15) is 0 Å². The molecule has 0 fully saturated rings. The summed E-state index contributed by atoms with van der Waals surface area (Å²) in [5.74, 6) is -1.13. The van der Waals surface area contributed by atoms with Gasteiger partial charge < -0.3 is 0 Å². The van der Waals surface area contributed by atoms with Gasteiger partial charge >= 0.3 is 97.2 Å². The van der Waals surface area contributed by atoms with Crippen LogP contribution in [-0.2, 0) is 0 Å². The number of hydrogen-bond donors (Lipinski definition) is 0. The summed E-state index contributed by atoms with van der Waals surface area (Å²) in [6.07, 6.45) is 1.25. The zero-order chi connectivity index (χ0) is 11.2. The van der Waals surface area contributed by atoms with Crippen LogP contribution in [0.4, 0.5) is 0 Å². The number of hydrogen-bond acceptors (Lipinski definition) is 2. The van der Waals surface area contributed by atoms with E-state index < -0.39 is 5.81 Å². The van der Waals surface area contributed by atoms with Crippen LogP contribution in [0.3, 0.4) is 0 Å². The van der Waals surface area contributed by atoms with Gasteiger partial charge in [-0.1, -0.05) is 0 Å². The first-order chi connectivity index (χ1) is 6.60. The third-order valence-electron chi connectivity index (χ3n) is 2.76. The molecule has 0 amide bonds. The average molecular weight is 283 g/mol. The van der Waals surface area contributed by atoms with Crippen molar-refractivity contribution in [3.8, 4) is 0 Å². The summed E-state index contributed by atoms with van der Waals surface area (Å²) in [5.41, 5.74) is 0. The molecule has 0 bridgehead atoms. The van der Waals surface area contributed by atoms with Crippen molar-refractivity contribution >= 4 is 20.9 Å². The standard InChI is InChI=1S/C10H25N2PSe/c1-6-11(7-2)13(14,10-5)12(8-3)9-4/h6-10H2,1-5H3. The molecule has 0 aromatic rings. The molecule has 0 N–H and O–H groups in total. The summed E-state index contributed by atoms with van der Waals surface area (Å²) in [6.45, 7) is 16.0. The zero-order valence-electron chi connectivity index (χ0n) is 10.3. The Labute approximate surface area is 97.4 Å². The monoisotopic (exact) mass is 284 g/mol. The fourth-order valence-electron chi connectivity index (χ4n) is 1.91. The Balaban J connectivity index is 4.83. The van der Waals surface area contributed by atoms with Crippen LogP contribution in [0, 0.1) is 0 Å². The fourth-order valence-corrected chi connectivity index (χ4v) is 7.74. The van der Waals surface area contributed by atoms with Gasteiger partial charge in [-0.15, -0.1) is 0 Å². The normalized spacial score (nSPS) is 12.8. The molecule has 0 saturated heterocycles. The molecule has 0 aliphatic heterocycles. The van der Waals surface area contributed by atoms with E-state index in [1.807, 2.05) is 0 Å². The Morgan fingerprint density at radius 1 is 0.786 bits per heavy atom. The molecule has 0 aliphatic rings. The molecule has 0 atom stereocenters. The first-order valence-electron chi connectivity index (χ1n) is 5.70. The summed E-state index contributed by atoms with van der Waals surface area (Å²) in [5, 5.41) is 0. The maximum atomic E-state index is 3.51. The van der Waals surface area contributed by atoms with Gasteiger partial charge in [-0.25, -0.2) is 0 Å². The van der Waals surface area contributed by atoms with E-state index >= 15 is 0 Å². The van der Waals surface area contributed by atoms with E-state index in [-0.39, 0.29) is 0 Å². The summed E-state index contributed by atoms with van der Waals surface area (Å²) >= 11 is 3.51. The third kappa shape index (κ3) is 3.18. The van der Waals surface area contributed by atoms with Gasteiger partial charge in [-0.3, -0.25) is 0 Å². The van der Waals surface area contributed by atoms with Crippen molar-refractivity contribution in [2.45, 2.75) is 34.6 Å². The van der Waals surface area contributed by atoms with Crippen molar-refractivity contribution in [1.82, 2.24) is 9.34 Å². The molecule has 0 unspecified atom stereocenters. The van der Waals surface area contributed by atoms with Gasteiger partial charge in [0.05, 0.1) is 0 Å². The quantitative estimate of drug-likeness (QED) is 0.523. The molecule has 86 valence electrons. The third-order valence-corrected chi connectivity index (χ3v) is 11.0. The second kappa shape index (κ2) is 7.19. The predicted molar refractivity (Wildman–Crippen MR) is 69.1 cm³/mol. The second-order valence-corrected chi connectivity index (χ2v) is 10.0. The van der Waals surface area contributed by atoms with E-state index in [1.54, 1.807) is 0 Å². The van der Waals surface area contributed by atoms with Crippen molar-refractivity contribution in [3.63, 3.8) is 0 Å². The molecule has 2 nitrogen and oxygen atoms in total. The van der Waals surface area contributed by atoms with Crippen LogP contribution in [0.25, 0.3) is 0 Å². The summed E-state index contributed by atoms with van der Waals surface area (Å²) in [7, 11) is 0. The van der Waals surface area contributed by atoms with Crippen molar-refractivity contribution in [3.05, 3.63) is 0 Å². The van der Waals surface area contributed by atoms with Crippen molar-refractivity contribution < 1.29 is 0 Å². The van der Waals surface area contributed by atoms with Crippen LogP contribution in [-0.4, -0.2) is 56.8 Å². The molecule has 0 spiro atoms. The van der Waals surface area contributed by atoms with Crippen LogP contribution in [0.2, 0.25) is 0 Å². The molecule has 0 heterocycles. The van der Waals surface area contributed by atoms with Crippen molar-refractivity contribution in [2.75, 3.05) is 32.3 Å². The number of rotatable bonds is 7. The molecule has 0 radical (unpaired) electrons. The van der Waals surface area contributed by atoms with Gasteiger partial charge in [0, 0.05) is 0 Å². The maximum absolute atomic E-state index is 3.51. The topological polar surface area (TPSA) is 6.48 Å². The van der Waals surface area contributed by atoms with E-state index in [9.17, 15) is 0 Å². The van der Waals surface area contributed by atoms with E-state index in [0.29, 0.717) is 0 Å². The first-order valence-corrected chi connectivity index (χ1v) is 9.80. The molecule has 4 heteroatoms. The predicted octanol–water partition coefficient (Wildman–Crippen LogP) is 2.62. The molecule has 0 aliphatic carbocycles. The second-order valence-electron chi connectivity index (χ2n) is 3.26. The molecular weight excluding hydrogens is 258 g/mol. The van der Waals surface area contributed by atoms with Gasteiger partial charge in [0.25, 0.3) is 0 Å². The zero-order valence-corrected chi connectivity index (χ0v) is 12.9. The van der Waals surface area contributed by atoms with E-state index in [2.05, 4.69) is 59.1 Å². The van der Waals surface area contributed by atoms with Gasteiger partial charge in [0.15, 0.2) is 0 Å². The Bertz CT molecular complexity index is 173. The van der Waals surface area contributed by atoms with Crippen LogP contribution in [0.5, 0.6) is 0 Å². The molecule has 14 heavy (non-hydrogen) atoms.